The zero-order valence-electron chi connectivity index (χ0n) is 12.1. The highest BCUT2D eigenvalue weighted by atomic mass is 32.2. The van der Waals surface area contributed by atoms with Gasteiger partial charge < -0.3 is 15.2 Å². The van der Waals surface area contributed by atoms with Crippen molar-refractivity contribution < 1.29 is 9.84 Å². The van der Waals surface area contributed by atoms with Gasteiger partial charge in [0.15, 0.2) is 0 Å². The van der Waals surface area contributed by atoms with E-state index >= 15 is 0 Å². The first-order valence-corrected chi connectivity index (χ1v) is 7.65. The van der Waals surface area contributed by atoms with Crippen molar-refractivity contribution in [1.29, 1.82) is 0 Å². The third-order valence-electron chi connectivity index (χ3n) is 2.45. The molecule has 0 aromatic heterocycles. The molecule has 0 heterocycles. The SMILES string of the molecule is CC(C)(C)NCc1cccc(SCCOCCO)c1. The van der Waals surface area contributed by atoms with Gasteiger partial charge in [0, 0.05) is 22.7 Å². The highest BCUT2D eigenvalue weighted by Gasteiger charge is 2.08. The van der Waals surface area contributed by atoms with Crippen LogP contribution in [0.3, 0.4) is 0 Å². The Balaban J connectivity index is 2.35. The molecule has 0 spiro atoms. The highest BCUT2D eigenvalue weighted by Crippen LogP contribution is 2.19. The Kier molecular flexibility index (Phi) is 7.46. The first kappa shape index (κ1) is 16.5. The second kappa shape index (κ2) is 8.59. The van der Waals surface area contributed by atoms with Crippen molar-refractivity contribution in [1.82, 2.24) is 5.32 Å². The van der Waals surface area contributed by atoms with E-state index in [1.807, 2.05) is 0 Å². The number of thioether (sulfide) groups is 1. The van der Waals surface area contributed by atoms with Crippen LogP contribution in [0.15, 0.2) is 29.2 Å². The molecule has 19 heavy (non-hydrogen) atoms. The van der Waals surface area contributed by atoms with Crippen LogP contribution < -0.4 is 5.32 Å². The Labute approximate surface area is 120 Å². The van der Waals surface area contributed by atoms with E-state index in [1.165, 1.54) is 10.5 Å². The summed E-state index contributed by atoms with van der Waals surface area (Å²) in [7, 11) is 0. The lowest BCUT2D eigenvalue weighted by Crippen LogP contribution is -2.35. The van der Waals surface area contributed by atoms with Gasteiger partial charge in [0.05, 0.1) is 19.8 Å². The summed E-state index contributed by atoms with van der Waals surface area (Å²) in [6.07, 6.45) is 0. The standard InChI is InChI=1S/C15H25NO2S/c1-15(2,3)16-12-13-5-4-6-14(11-13)19-10-9-18-8-7-17/h4-6,11,16-17H,7-10,12H2,1-3H3. The Morgan fingerprint density at radius 2 is 2.05 bits per heavy atom. The molecule has 1 aromatic carbocycles. The van der Waals surface area contributed by atoms with Crippen LogP contribution in [0.2, 0.25) is 0 Å². The molecule has 0 saturated carbocycles. The van der Waals surface area contributed by atoms with E-state index in [2.05, 4.69) is 50.4 Å². The summed E-state index contributed by atoms with van der Waals surface area (Å²) in [6, 6.07) is 8.58. The number of benzene rings is 1. The van der Waals surface area contributed by atoms with Crippen molar-refractivity contribution >= 4 is 11.8 Å². The highest BCUT2D eigenvalue weighted by molar-refractivity contribution is 7.99. The molecule has 4 heteroatoms. The van der Waals surface area contributed by atoms with Crippen LogP contribution in [-0.4, -0.2) is 36.2 Å². The van der Waals surface area contributed by atoms with Gasteiger partial charge in [0.1, 0.15) is 0 Å². The summed E-state index contributed by atoms with van der Waals surface area (Å²) < 4.78 is 5.24. The van der Waals surface area contributed by atoms with Crippen molar-refractivity contribution in [3.63, 3.8) is 0 Å². The van der Waals surface area contributed by atoms with Gasteiger partial charge in [-0.05, 0) is 38.5 Å². The summed E-state index contributed by atoms with van der Waals surface area (Å²) in [4.78, 5) is 1.26. The van der Waals surface area contributed by atoms with Gasteiger partial charge >= 0.3 is 0 Å². The minimum absolute atomic E-state index is 0.0959. The number of aliphatic hydroxyl groups excluding tert-OH is 1. The molecule has 2 N–H and O–H groups in total. The zero-order chi connectivity index (χ0) is 14.1. The molecule has 0 aliphatic rings. The summed E-state index contributed by atoms with van der Waals surface area (Å²) >= 11 is 1.78. The fraction of sp³-hybridized carbons (Fsp3) is 0.600. The molecule has 0 aliphatic heterocycles. The first-order chi connectivity index (χ1) is 9.01. The molecule has 0 radical (unpaired) electrons. The molecule has 0 aliphatic carbocycles. The normalized spacial score (nSPS) is 11.8. The van der Waals surface area contributed by atoms with E-state index in [4.69, 9.17) is 9.84 Å². The fourth-order valence-electron chi connectivity index (χ4n) is 1.50. The third kappa shape index (κ3) is 8.26. The summed E-state index contributed by atoms with van der Waals surface area (Å²) in [6.45, 7) is 8.60. The van der Waals surface area contributed by atoms with Gasteiger partial charge in [-0.25, -0.2) is 0 Å². The fourth-order valence-corrected chi connectivity index (χ4v) is 2.34. The topological polar surface area (TPSA) is 41.5 Å². The smallest absolute Gasteiger partial charge is 0.0698 e. The van der Waals surface area contributed by atoms with Gasteiger partial charge in [-0.1, -0.05) is 12.1 Å². The van der Waals surface area contributed by atoms with Crippen LogP contribution in [0.1, 0.15) is 26.3 Å². The second-order valence-corrected chi connectivity index (χ2v) is 6.60. The lowest BCUT2D eigenvalue weighted by molar-refractivity contribution is 0.103. The Hall–Kier alpha value is -0.550. The van der Waals surface area contributed by atoms with E-state index in [1.54, 1.807) is 11.8 Å². The van der Waals surface area contributed by atoms with Crippen molar-refractivity contribution in [3.8, 4) is 0 Å². The maximum Gasteiger partial charge on any atom is 0.0698 e. The third-order valence-corrected chi connectivity index (χ3v) is 3.41. The molecule has 1 rings (SSSR count). The van der Waals surface area contributed by atoms with E-state index in [9.17, 15) is 0 Å². The van der Waals surface area contributed by atoms with E-state index in [-0.39, 0.29) is 12.1 Å². The number of rotatable bonds is 8. The van der Waals surface area contributed by atoms with Crippen LogP contribution in [0.25, 0.3) is 0 Å². The Bertz CT molecular complexity index is 363. The maximum absolute atomic E-state index is 8.60. The molecule has 0 atom stereocenters. The molecular formula is C15H25NO2S. The molecule has 0 bridgehead atoms. The van der Waals surface area contributed by atoms with Crippen LogP contribution in [-0.2, 0) is 11.3 Å². The number of aliphatic hydroxyl groups is 1. The van der Waals surface area contributed by atoms with Gasteiger partial charge in [0.25, 0.3) is 0 Å². The maximum atomic E-state index is 8.60. The molecule has 0 amide bonds. The van der Waals surface area contributed by atoms with E-state index < -0.39 is 0 Å². The van der Waals surface area contributed by atoms with Gasteiger partial charge in [0.2, 0.25) is 0 Å². The molecule has 0 saturated heterocycles. The van der Waals surface area contributed by atoms with Gasteiger partial charge in [-0.2, -0.15) is 0 Å². The largest absolute Gasteiger partial charge is 0.394 e. The van der Waals surface area contributed by atoms with E-state index in [0.29, 0.717) is 13.2 Å². The van der Waals surface area contributed by atoms with Crippen molar-refractivity contribution in [2.24, 2.45) is 0 Å². The predicted octanol–water partition coefficient (Wildman–Crippen LogP) is 2.68. The van der Waals surface area contributed by atoms with Crippen molar-refractivity contribution in [3.05, 3.63) is 29.8 Å². The number of nitrogens with one attached hydrogen (secondary N) is 1. The summed E-state index contributed by atoms with van der Waals surface area (Å²) in [5.74, 6) is 0.913. The van der Waals surface area contributed by atoms with E-state index in [0.717, 1.165) is 12.3 Å². The lowest BCUT2D eigenvalue weighted by atomic mass is 10.1. The molecule has 1 aromatic rings. The predicted molar refractivity (Wildman–Crippen MR) is 81.7 cm³/mol. The Morgan fingerprint density at radius 3 is 2.74 bits per heavy atom. The first-order valence-electron chi connectivity index (χ1n) is 6.66. The van der Waals surface area contributed by atoms with Crippen LogP contribution in [0.4, 0.5) is 0 Å². The average Bonchev–Trinajstić information content (AvgIpc) is 2.36. The minimum Gasteiger partial charge on any atom is -0.394 e. The Morgan fingerprint density at radius 1 is 1.26 bits per heavy atom. The molecule has 108 valence electrons. The monoisotopic (exact) mass is 283 g/mol. The van der Waals surface area contributed by atoms with Crippen molar-refractivity contribution in [2.75, 3.05) is 25.6 Å². The van der Waals surface area contributed by atoms with Crippen molar-refractivity contribution in [2.45, 2.75) is 37.8 Å². The van der Waals surface area contributed by atoms with Crippen LogP contribution in [0, 0.1) is 0 Å². The summed E-state index contributed by atoms with van der Waals surface area (Å²) in [5.41, 5.74) is 1.44. The molecule has 3 nitrogen and oxygen atoms in total. The number of hydrogen-bond donors (Lipinski definition) is 2. The van der Waals surface area contributed by atoms with Gasteiger partial charge in [-0.15, -0.1) is 11.8 Å². The van der Waals surface area contributed by atoms with Crippen LogP contribution >= 0.6 is 11.8 Å². The molecule has 0 fully saturated rings. The number of hydrogen-bond acceptors (Lipinski definition) is 4. The average molecular weight is 283 g/mol. The quantitative estimate of drug-likeness (QED) is 0.568. The summed E-state index contributed by atoms with van der Waals surface area (Å²) in [5, 5.41) is 12.1. The van der Waals surface area contributed by atoms with Crippen LogP contribution in [0.5, 0.6) is 0 Å². The van der Waals surface area contributed by atoms with Gasteiger partial charge in [-0.3, -0.25) is 0 Å². The molecule has 0 unspecified atom stereocenters. The number of ether oxygens (including phenoxy) is 1. The zero-order valence-corrected chi connectivity index (χ0v) is 12.9. The minimum atomic E-state index is 0.0959. The lowest BCUT2D eigenvalue weighted by Gasteiger charge is -2.20. The molecular weight excluding hydrogens is 258 g/mol. The second-order valence-electron chi connectivity index (χ2n) is 5.44.